The molecule has 0 atom stereocenters. The number of rotatable bonds is 3. The highest BCUT2D eigenvalue weighted by Gasteiger charge is 2.26. The predicted octanol–water partition coefficient (Wildman–Crippen LogP) is 3.07. The molecule has 1 saturated heterocycles. The molecule has 1 aliphatic rings. The third kappa shape index (κ3) is 5.83. The summed E-state index contributed by atoms with van der Waals surface area (Å²) in [4.78, 5) is 35.4. The maximum absolute atomic E-state index is 12.3. The minimum atomic E-state index is -0.506. The third-order valence-electron chi connectivity index (χ3n) is 4.24. The van der Waals surface area contributed by atoms with Gasteiger partial charge in [-0.2, -0.15) is 0 Å². The van der Waals surface area contributed by atoms with Gasteiger partial charge >= 0.3 is 6.09 Å². The first-order valence-corrected chi connectivity index (χ1v) is 10.7. The summed E-state index contributed by atoms with van der Waals surface area (Å²) in [5.41, 5.74) is 0.928. The molecule has 0 aromatic carbocycles. The quantitative estimate of drug-likeness (QED) is 0.716. The molecule has 0 bridgehead atoms. The number of hydrogen-bond acceptors (Lipinski definition) is 6. The average Bonchev–Trinajstić information content (AvgIpc) is 3.08. The number of thiocarbonyl (C=S) groups is 1. The molecule has 1 fully saturated rings. The Morgan fingerprint density at radius 1 is 1.28 bits per heavy atom. The summed E-state index contributed by atoms with van der Waals surface area (Å²) in [6, 6.07) is 3.73. The smallest absolute Gasteiger partial charge is 0.410 e. The Labute approximate surface area is 179 Å². The number of aromatic amines is 1. The number of thioether (sulfide) groups is 1. The van der Waals surface area contributed by atoms with Crippen LogP contribution in [0.1, 0.15) is 20.8 Å². The maximum Gasteiger partial charge on any atom is 0.410 e. The van der Waals surface area contributed by atoms with E-state index in [0.29, 0.717) is 36.2 Å². The molecule has 3 rings (SSSR count). The van der Waals surface area contributed by atoms with Gasteiger partial charge in [-0.3, -0.25) is 4.79 Å². The number of nitrogens with one attached hydrogen (secondary N) is 2. The van der Waals surface area contributed by atoms with Gasteiger partial charge in [-0.25, -0.2) is 9.78 Å². The fourth-order valence-corrected chi connectivity index (χ4v) is 3.91. The highest BCUT2D eigenvalue weighted by molar-refractivity contribution is 8.23. The van der Waals surface area contributed by atoms with E-state index in [2.05, 4.69) is 15.3 Å². The van der Waals surface area contributed by atoms with Crippen LogP contribution in [0.4, 0.5) is 10.5 Å². The lowest BCUT2D eigenvalue weighted by molar-refractivity contribution is -0.113. The Balaban J connectivity index is 1.43. The van der Waals surface area contributed by atoms with Crippen LogP contribution >= 0.6 is 24.0 Å². The van der Waals surface area contributed by atoms with Crippen molar-refractivity contribution in [3.63, 3.8) is 0 Å². The summed E-state index contributed by atoms with van der Waals surface area (Å²) in [5, 5.41) is 3.76. The van der Waals surface area contributed by atoms with Crippen LogP contribution in [0.5, 0.6) is 0 Å². The number of piperazine rings is 1. The number of amides is 2. The number of carbonyl (C=O) groups is 2. The van der Waals surface area contributed by atoms with Gasteiger partial charge in [0.15, 0.2) is 0 Å². The lowest BCUT2D eigenvalue weighted by Gasteiger charge is -2.36. The van der Waals surface area contributed by atoms with Gasteiger partial charge in [0.2, 0.25) is 5.91 Å². The SMILES string of the molecule is CC(C)(C)OC(=O)N1CCN(C(=S)SCC(=O)Nc2c[nH]c3ncccc23)CC1. The summed E-state index contributed by atoms with van der Waals surface area (Å²) in [5.74, 6) is 0.0902. The molecule has 2 aromatic rings. The van der Waals surface area contributed by atoms with E-state index in [-0.39, 0.29) is 17.8 Å². The van der Waals surface area contributed by atoms with E-state index in [0.717, 1.165) is 11.0 Å². The number of anilines is 1. The van der Waals surface area contributed by atoms with Crippen LogP contribution in [-0.4, -0.2) is 73.6 Å². The summed E-state index contributed by atoms with van der Waals surface area (Å²) >= 11 is 6.79. The molecule has 29 heavy (non-hydrogen) atoms. The molecule has 0 spiro atoms. The summed E-state index contributed by atoms with van der Waals surface area (Å²) in [7, 11) is 0. The summed E-state index contributed by atoms with van der Waals surface area (Å²) in [6.07, 6.45) is 3.12. The Bertz CT molecular complexity index is 901. The lowest BCUT2D eigenvalue weighted by Crippen LogP contribution is -2.50. The van der Waals surface area contributed by atoms with Crippen molar-refractivity contribution in [3.8, 4) is 0 Å². The van der Waals surface area contributed by atoms with Gasteiger partial charge in [-0.05, 0) is 32.9 Å². The zero-order valence-corrected chi connectivity index (χ0v) is 18.4. The van der Waals surface area contributed by atoms with Crippen molar-refractivity contribution in [2.24, 2.45) is 0 Å². The van der Waals surface area contributed by atoms with Gasteiger partial charge in [-0.15, -0.1) is 0 Å². The van der Waals surface area contributed by atoms with Crippen molar-refractivity contribution in [2.45, 2.75) is 26.4 Å². The molecule has 0 saturated carbocycles. The maximum atomic E-state index is 12.3. The molecule has 10 heteroatoms. The van der Waals surface area contributed by atoms with Crippen molar-refractivity contribution in [1.29, 1.82) is 0 Å². The zero-order chi connectivity index (χ0) is 21.0. The minimum absolute atomic E-state index is 0.130. The highest BCUT2D eigenvalue weighted by Crippen LogP contribution is 2.21. The number of carbonyl (C=O) groups excluding carboxylic acids is 2. The lowest BCUT2D eigenvalue weighted by atomic mass is 10.2. The molecule has 0 radical (unpaired) electrons. The summed E-state index contributed by atoms with van der Waals surface area (Å²) < 4.78 is 6.06. The monoisotopic (exact) mass is 435 g/mol. The number of ether oxygens (including phenoxy) is 1. The molecule has 2 N–H and O–H groups in total. The van der Waals surface area contributed by atoms with Crippen LogP contribution in [0.3, 0.4) is 0 Å². The van der Waals surface area contributed by atoms with E-state index in [1.165, 1.54) is 11.8 Å². The van der Waals surface area contributed by atoms with E-state index >= 15 is 0 Å². The molecule has 0 unspecified atom stereocenters. The Kier molecular flexibility index (Phi) is 6.63. The van der Waals surface area contributed by atoms with E-state index in [1.807, 2.05) is 37.8 Å². The number of hydrogen-bond donors (Lipinski definition) is 2. The van der Waals surface area contributed by atoms with Gasteiger partial charge < -0.3 is 24.8 Å². The van der Waals surface area contributed by atoms with E-state index in [9.17, 15) is 9.59 Å². The molecule has 156 valence electrons. The van der Waals surface area contributed by atoms with E-state index in [1.54, 1.807) is 17.3 Å². The van der Waals surface area contributed by atoms with Gasteiger partial charge in [-0.1, -0.05) is 24.0 Å². The van der Waals surface area contributed by atoms with Gasteiger partial charge in [0.25, 0.3) is 0 Å². The van der Waals surface area contributed by atoms with Crippen molar-refractivity contribution in [1.82, 2.24) is 19.8 Å². The Morgan fingerprint density at radius 3 is 2.66 bits per heavy atom. The molecule has 2 aromatic heterocycles. The second-order valence-corrected chi connectivity index (χ2v) is 9.27. The second kappa shape index (κ2) is 9.00. The first-order valence-electron chi connectivity index (χ1n) is 9.34. The predicted molar refractivity (Wildman–Crippen MR) is 119 cm³/mol. The van der Waals surface area contributed by atoms with Crippen LogP contribution in [0.15, 0.2) is 24.5 Å². The van der Waals surface area contributed by atoms with Crippen LogP contribution in [0.25, 0.3) is 11.0 Å². The minimum Gasteiger partial charge on any atom is -0.444 e. The van der Waals surface area contributed by atoms with Gasteiger partial charge in [0, 0.05) is 44.0 Å². The van der Waals surface area contributed by atoms with Crippen molar-refractivity contribution in [2.75, 3.05) is 37.2 Å². The van der Waals surface area contributed by atoms with Gasteiger partial charge in [0.05, 0.1) is 11.4 Å². The largest absolute Gasteiger partial charge is 0.444 e. The normalized spacial score (nSPS) is 14.7. The molecule has 3 heterocycles. The number of H-pyrrole nitrogens is 1. The molecule has 2 amide bonds. The molecule has 1 aliphatic heterocycles. The molecular formula is C19H25N5O3S2. The van der Waals surface area contributed by atoms with Crippen LogP contribution in [0.2, 0.25) is 0 Å². The number of nitrogens with zero attached hydrogens (tertiary/aromatic N) is 3. The highest BCUT2D eigenvalue weighted by atomic mass is 32.2. The molecule has 8 nitrogen and oxygen atoms in total. The van der Waals surface area contributed by atoms with Crippen molar-refractivity contribution >= 4 is 57.0 Å². The van der Waals surface area contributed by atoms with Gasteiger partial charge in [0.1, 0.15) is 15.6 Å². The molecular weight excluding hydrogens is 410 g/mol. The van der Waals surface area contributed by atoms with Crippen molar-refractivity contribution < 1.29 is 14.3 Å². The fourth-order valence-electron chi connectivity index (χ4n) is 2.86. The van der Waals surface area contributed by atoms with Crippen LogP contribution < -0.4 is 5.32 Å². The number of fused-ring (bicyclic) bond motifs is 1. The summed E-state index contributed by atoms with van der Waals surface area (Å²) in [6.45, 7) is 7.90. The zero-order valence-electron chi connectivity index (χ0n) is 16.7. The Hall–Kier alpha value is -2.33. The second-order valence-electron chi connectivity index (χ2n) is 7.66. The first-order chi connectivity index (χ1) is 13.7. The van der Waals surface area contributed by atoms with Crippen molar-refractivity contribution in [3.05, 3.63) is 24.5 Å². The number of aromatic nitrogens is 2. The average molecular weight is 436 g/mol. The third-order valence-corrected chi connectivity index (χ3v) is 5.76. The first kappa shape index (κ1) is 21.4. The van der Waals surface area contributed by atoms with E-state index < -0.39 is 5.60 Å². The molecule has 0 aliphatic carbocycles. The fraction of sp³-hybridized carbons (Fsp3) is 0.474. The van der Waals surface area contributed by atoms with Crippen LogP contribution in [0, 0.1) is 0 Å². The topological polar surface area (TPSA) is 90.6 Å². The standard InChI is InChI=1S/C19H25N5O3S2/c1-19(2,3)27-17(26)23-7-9-24(10-8-23)18(28)29-12-15(25)22-14-11-21-16-13(14)5-4-6-20-16/h4-6,11H,7-10,12H2,1-3H3,(H,20,21)(H,22,25). The van der Waals surface area contributed by atoms with Crippen LogP contribution in [-0.2, 0) is 9.53 Å². The Morgan fingerprint density at radius 2 is 1.97 bits per heavy atom. The van der Waals surface area contributed by atoms with E-state index in [4.69, 9.17) is 17.0 Å². The number of pyridine rings is 1.